The average molecular weight is 532 g/mol. The molecule has 6 rings (SSSR count). The molecule has 9 heteroatoms. The molecule has 3 aromatic heterocycles. The number of aromatic nitrogens is 4. The maximum atomic E-state index is 12.6. The summed E-state index contributed by atoms with van der Waals surface area (Å²) in [5, 5.41) is 0. The van der Waals surface area contributed by atoms with E-state index < -0.39 is 10.1 Å². The minimum absolute atomic E-state index is 0. The van der Waals surface area contributed by atoms with Crippen LogP contribution in [0, 0.1) is 0 Å². The maximum Gasteiger partial charge on any atom is 0.297 e. The smallest absolute Gasteiger partial charge is 0.297 e. The third kappa shape index (κ3) is 4.53. The molecule has 0 unspecified atom stereocenters. The zero-order valence-corrected chi connectivity index (χ0v) is 22.2. The van der Waals surface area contributed by atoms with Crippen molar-refractivity contribution in [3.63, 3.8) is 0 Å². The second-order valence-corrected chi connectivity index (χ2v) is 9.40. The Morgan fingerprint density at radius 2 is 1.23 bits per heavy atom. The predicted octanol–water partition coefficient (Wildman–Crippen LogP) is 5.29. The molecule has 7 nitrogen and oxygen atoms in total. The van der Waals surface area contributed by atoms with E-state index in [1.54, 1.807) is 30.3 Å². The second-order valence-electron chi connectivity index (χ2n) is 8.04. The Hall–Kier alpha value is -3.65. The Morgan fingerprint density at radius 1 is 0.657 bits per heavy atom. The van der Waals surface area contributed by atoms with Crippen molar-refractivity contribution in [2.24, 2.45) is 0 Å². The molecule has 5 heterocycles. The van der Waals surface area contributed by atoms with E-state index >= 15 is 0 Å². The van der Waals surface area contributed by atoms with Crippen LogP contribution in [0.2, 0.25) is 0 Å². The van der Waals surface area contributed by atoms with Crippen molar-refractivity contribution in [2.45, 2.75) is 0 Å². The van der Waals surface area contributed by atoms with Gasteiger partial charge in [-0.25, -0.2) is 9.97 Å². The van der Waals surface area contributed by atoms with E-state index in [1.165, 1.54) is 0 Å². The largest absolute Gasteiger partial charge is 0.355 e. The van der Waals surface area contributed by atoms with E-state index in [-0.39, 0.29) is 30.1 Å². The Kier molecular flexibility index (Phi) is 5.85. The fraction of sp³-hybridized carbons (Fsp3) is 0. The standard InChI is InChI=1S/C26H18N4O3S.Zn/c31-34(32,33)26-24-15-22-11-9-20(29-22)13-18-7-6-17(27-18)12-19-8-10-21(28-19)14-23(30-24)25(26)16-4-2-1-3-5-16;/h1-15,27-28H,(H,31,32,33);. The number of rotatable bonds is 2. The van der Waals surface area contributed by atoms with Gasteiger partial charge in [0.25, 0.3) is 10.1 Å². The predicted molar refractivity (Wildman–Crippen MR) is 134 cm³/mol. The molecule has 3 N–H and O–H groups in total. The molecule has 2 aliphatic rings. The summed E-state index contributed by atoms with van der Waals surface area (Å²) in [4.78, 5) is 15.6. The van der Waals surface area contributed by atoms with E-state index in [0.717, 1.165) is 22.1 Å². The zero-order chi connectivity index (χ0) is 23.3. The van der Waals surface area contributed by atoms with Crippen LogP contribution in [0.4, 0.5) is 0 Å². The molecule has 35 heavy (non-hydrogen) atoms. The van der Waals surface area contributed by atoms with E-state index in [9.17, 15) is 13.0 Å². The van der Waals surface area contributed by atoms with Crippen molar-refractivity contribution in [3.8, 4) is 0 Å². The number of hydrogen-bond donors (Lipinski definition) is 3. The number of nitrogens with zero attached hydrogens (tertiary/aromatic N) is 2. The van der Waals surface area contributed by atoms with Gasteiger partial charge in [0.1, 0.15) is 4.91 Å². The first kappa shape index (κ1) is 23.1. The van der Waals surface area contributed by atoms with Crippen molar-refractivity contribution in [3.05, 3.63) is 107 Å². The third-order valence-corrected chi connectivity index (χ3v) is 6.54. The quantitative estimate of drug-likeness (QED) is 0.212. The number of aromatic amines is 2. The van der Waals surface area contributed by atoms with Crippen LogP contribution < -0.4 is 0 Å². The van der Waals surface area contributed by atoms with E-state index in [1.807, 2.05) is 60.7 Å². The van der Waals surface area contributed by atoms with Crippen molar-refractivity contribution in [2.75, 3.05) is 0 Å². The Morgan fingerprint density at radius 3 is 1.86 bits per heavy atom. The summed E-state index contributed by atoms with van der Waals surface area (Å²) in [5.74, 6) is 0. The van der Waals surface area contributed by atoms with Crippen LogP contribution in [0.1, 0.15) is 28.3 Å². The van der Waals surface area contributed by atoms with Gasteiger partial charge in [0, 0.05) is 47.1 Å². The van der Waals surface area contributed by atoms with Gasteiger partial charge in [0.2, 0.25) is 0 Å². The van der Waals surface area contributed by atoms with E-state index in [4.69, 9.17) is 0 Å². The molecule has 0 saturated carbocycles. The van der Waals surface area contributed by atoms with Gasteiger partial charge in [-0.05, 0) is 66.2 Å². The molecule has 8 bridgehead atoms. The molecule has 0 saturated heterocycles. The summed E-state index contributed by atoms with van der Waals surface area (Å²) in [5.41, 5.74) is 6.20. The van der Waals surface area contributed by atoms with E-state index in [0.29, 0.717) is 28.2 Å². The molecule has 4 aromatic rings. The van der Waals surface area contributed by atoms with Gasteiger partial charge in [-0.2, -0.15) is 8.42 Å². The fourth-order valence-electron chi connectivity index (χ4n) is 4.19. The first-order valence-electron chi connectivity index (χ1n) is 10.6. The molecule has 0 aliphatic carbocycles. The van der Waals surface area contributed by atoms with E-state index in [2.05, 4.69) is 19.9 Å². The van der Waals surface area contributed by atoms with Gasteiger partial charge < -0.3 is 9.97 Å². The molecular formula is C26H18N4O3SZn. The molecular weight excluding hydrogens is 514 g/mol. The van der Waals surface area contributed by atoms with Gasteiger partial charge in [-0.3, -0.25) is 4.55 Å². The zero-order valence-electron chi connectivity index (χ0n) is 18.4. The molecule has 0 spiro atoms. The van der Waals surface area contributed by atoms with Crippen LogP contribution in [0.15, 0.2) is 78.9 Å². The summed E-state index contributed by atoms with van der Waals surface area (Å²) in [6.45, 7) is 0. The molecule has 168 valence electrons. The number of fused-ring (bicyclic) bond motifs is 8. The first-order valence-corrected chi connectivity index (χ1v) is 12.0. The number of benzene rings is 1. The Bertz CT molecular complexity index is 1790. The van der Waals surface area contributed by atoms with Crippen molar-refractivity contribution in [1.29, 1.82) is 0 Å². The average Bonchev–Trinajstić information content (AvgIpc) is 3.58. The monoisotopic (exact) mass is 530 g/mol. The van der Waals surface area contributed by atoms with Crippen LogP contribution in [-0.2, 0) is 29.6 Å². The molecule has 0 radical (unpaired) electrons. The summed E-state index contributed by atoms with van der Waals surface area (Å²) >= 11 is 0. The molecule has 0 atom stereocenters. The number of hydrogen-bond acceptors (Lipinski definition) is 4. The minimum Gasteiger partial charge on any atom is -0.355 e. The minimum atomic E-state index is -4.60. The SMILES string of the molecule is O=S(=O)(O)C1=C(c2ccccc2)c2cc3ccc(cc4ccc(cc5nc(cc1n2)C=C5)[nH]4)[nH]3.[Zn]. The van der Waals surface area contributed by atoms with Gasteiger partial charge in [0.05, 0.1) is 22.8 Å². The van der Waals surface area contributed by atoms with Gasteiger partial charge in [-0.1, -0.05) is 30.3 Å². The molecule has 1 aromatic carbocycles. The topological polar surface area (TPSA) is 112 Å². The summed E-state index contributed by atoms with van der Waals surface area (Å²) in [6, 6.07) is 24.0. The summed E-state index contributed by atoms with van der Waals surface area (Å²) < 4.78 is 35.4. The fourth-order valence-corrected chi connectivity index (χ4v) is 5.04. The number of nitrogens with one attached hydrogen (secondary N) is 2. The van der Waals surface area contributed by atoms with Crippen LogP contribution in [-0.4, -0.2) is 32.9 Å². The molecule has 2 aliphatic heterocycles. The van der Waals surface area contributed by atoms with Crippen molar-refractivity contribution >= 4 is 54.8 Å². The van der Waals surface area contributed by atoms with Crippen LogP contribution in [0.5, 0.6) is 0 Å². The van der Waals surface area contributed by atoms with Gasteiger partial charge >= 0.3 is 0 Å². The molecule has 0 fully saturated rings. The maximum absolute atomic E-state index is 12.6. The van der Waals surface area contributed by atoms with Crippen LogP contribution >= 0.6 is 0 Å². The van der Waals surface area contributed by atoms with Crippen LogP contribution in [0.3, 0.4) is 0 Å². The Balaban J connectivity index is 0.00000253. The summed E-state index contributed by atoms with van der Waals surface area (Å²) in [7, 11) is -4.60. The third-order valence-electron chi connectivity index (χ3n) is 5.61. The first-order chi connectivity index (χ1) is 16.4. The number of H-pyrrole nitrogens is 2. The van der Waals surface area contributed by atoms with Crippen LogP contribution in [0.25, 0.3) is 44.7 Å². The second kappa shape index (κ2) is 8.85. The van der Waals surface area contributed by atoms with Gasteiger partial charge in [0.15, 0.2) is 0 Å². The van der Waals surface area contributed by atoms with Crippen molar-refractivity contribution in [1.82, 2.24) is 19.9 Å². The molecule has 0 amide bonds. The summed E-state index contributed by atoms with van der Waals surface area (Å²) in [6.07, 6.45) is 3.62. The van der Waals surface area contributed by atoms with Gasteiger partial charge in [-0.15, -0.1) is 0 Å². The Labute approximate surface area is 213 Å². The van der Waals surface area contributed by atoms with Crippen molar-refractivity contribution < 1.29 is 32.4 Å². The normalized spacial score (nSPS) is 13.1.